The highest BCUT2D eigenvalue weighted by atomic mass is 32.2. The van der Waals surface area contributed by atoms with Crippen LogP contribution in [0.15, 0.2) is 0 Å². The molecular weight excluding hydrogens is 294 g/mol. The summed E-state index contributed by atoms with van der Waals surface area (Å²) >= 11 is 0. The van der Waals surface area contributed by atoms with Crippen LogP contribution in [0.5, 0.6) is 0 Å². The van der Waals surface area contributed by atoms with Crippen molar-refractivity contribution in [2.24, 2.45) is 5.92 Å². The average molecular weight is 317 g/mol. The second-order valence-corrected chi connectivity index (χ2v) is 6.99. The summed E-state index contributed by atoms with van der Waals surface area (Å²) in [6.07, 6.45) is 1.94. The van der Waals surface area contributed by atoms with Crippen molar-refractivity contribution in [3.8, 4) is 0 Å². The lowest BCUT2D eigenvalue weighted by atomic mass is 10.00. The van der Waals surface area contributed by atoms with Crippen molar-refractivity contribution in [1.82, 2.24) is 35.0 Å². The van der Waals surface area contributed by atoms with E-state index in [9.17, 15) is 8.42 Å². The monoisotopic (exact) mass is 317 g/mol. The van der Waals surface area contributed by atoms with Gasteiger partial charge in [0.1, 0.15) is 0 Å². The van der Waals surface area contributed by atoms with E-state index in [1.165, 1.54) is 4.31 Å². The van der Waals surface area contributed by atoms with Gasteiger partial charge in [-0.15, -0.1) is 10.2 Å². The highest BCUT2D eigenvalue weighted by molar-refractivity contribution is 7.87. The smallest absolute Gasteiger partial charge is 0.280 e. The third-order valence-electron chi connectivity index (χ3n) is 3.58. The van der Waals surface area contributed by atoms with Crippen LogP contribution in [0.3, 0.4) is 0 Å². The quantitative estimate of drug-likeness (QED) is 0.619. The molecule has 0 spiro atoms. The first-order chi connectivity index (χ1) is 10.0. The van der Waals surface area contributed by atoms with E-state index in [2.05, 4.69) is 30.7 Å². The molecule has 1 aliphatic heterocycles. The van der Waals surface area contributed by atoms with Crippen LogP contribution in [0.4, 0.5) is 0 Å². The number of rotatable bonds is 7. The standard InChI is InChI=1S/C11H23N7O2S/c1-3-12-7-10-5-4-6-18(8-10)21(19,20)15-9(2)11-13-16-17-14-11/h9-10,12,15H,3-8H2,1-2H3,(H,13,14,16,17). The molecular formula is C11H23N7O2S. The summed E-state index contributed by atoms with van der Waals surface area (Å²) in [6, 6.07) is -0.511. The Kier molecular flexibility index (Phi) is 5.62. The molecule has 2 rings (SSSR count). The van der Waals surface area contributed by atoms with Gasteiger partial charge in [0, 0.05) is 13.1 Å². The molecule has 0 radical (unpaired) electrons. The summed E-state index contributed by atoms with van der Waals surface area (Å²) in [4.78, 5) is 0. The lowest BCUT2D eigenvalue weighted by molar-refractivity contribution is 0.257. The van der Waals surface area contributed by atoms with Gasteiger partial charge in [0.15, 0.2) is 5.82 Å². The molecule has 0 aromatic carbocycles. The summed E-state index contributed by atoms with van der Waals surface area (Å²) < 4.78 is 28.9. The van der Waals surface area contributed by atoms with Gasteiger partial charge >= 0.3 is 0 Å². The third kappa shape index (κ3) is 4.43. The Labute approximate surface area is 125 Å². The van der Waals surface area contributed by atoms with Crippen molar-refractivity contribution in [2.45, 2.75) is 32.7 Å². The fourth-order valence-corrected chi connectivity index (χ4v) is 3.94. The molecule has 0 amide bonds. The molecule has 2 heterocycles. The molecule has 9 nitrogen and oxygen atoms in total. The molecule has 1 fully saturated rings. The Morgan fingerprint density at radius 2 is 2.33 bits per heavy atom. The minimum absolute atomic E-state index is 0.333. The minimum Gasteiger partial charge on any atom is -0.317 e. The Balaban J connectivity index is 1.95. The van der Waals surface area contributed by atoms with Crippen LogP contribution in [-0.2, 0) is 10.2 Å². The van der Waals surface area contributed by atoms with Crippen LogP contribution in [0.2, 0.25) is 0 Å². The first-order valence-electron chi connectivity index (χ1n) is 7.24. The van der Waals surface area contributed by atoms with Crippen molar-refractivity contribution in [3.63, 3.8) is 0 Å². The van der Waals surface area contributed by atoms with E-state index in [4.69, 9.17) is 0 Å². The summed E-state index contributed by atoms with van der Waals surface area (Å²) in [6.45, 7) is 6.59. The third-order valence-corrected chi connectivity index (χ3v) is 5.24. The van der Waals surface area contributed by atoms with Gasteiger partial charge < -0.3 is 5.32 Å². The van der Waals surface area contributed by atoms with Crippen LogP contribution >= 0.6 is 0 Å². The van der Waals surface area contributed by atoms with Crippen LogP contribution < -0.4 is 10.0 Å². The normalized spacial score (nSPS) is 22.3. The van der Waals surface area contributed by atoms with Gasteiger partial charge in [-0.05, 0) is 38.8 Å². The summed E-state index contributed by atoms with van der Waals surface area (Å²) in [5, 5.41) is 16.6. The van der Waals surface area contributed by atoms with Crippen molar-refractivity contribution < 1.29 is 8.42 Å². The van der Waals surface area contributed by atoms with Crippen molar-refractivity contribution in [2.75, 3.05) is 26.2 Å². The number of aromatic amines is 1. The fourth-order valence-electron chi connectivity index (χ4n) is 2.46. The first kappa shape index (κ1) is 16.3. The molecule has 2 unspecified atom stereocenters. The first-order valence-corrected chi connectivity index (χ1v) is 8.68. The molecule has 10 heteroatoms. The largest absolute Gasteiger partial charge is 0.317 e. The molecule has 0 aliphatic carbocycles. The van der Waals surface area contributed by atoms with Crippen LogP contribution in [0.25, 0.3) is 0 Å². The number of piperidine rings is 1. The molecule has 1 aliphatic rings. The lowest BCUT2D eigenvalue weighted by Crippen LogP contribution is -2.48. The van der Waals surface area contributed by atoms with Crippen molar-refractivity contribution in [3.05, 3.63) is 5.82 Å². The highest BCUT2D eigenvalue weighted by Gasteiger charge is 2.30. The second-order valence-electron chi connectivity index (χ2n) is 5.29. The molecule has 0 bridgehead atoms. The average Bonchev–Trinajstić information content (AvgIpc) is 2.99. The maximum atomic E-state index is 12.4. The number of aromatic nitrogens is 4. The zero-order valence-corrected chi connectivity index (χ0v) is 13.2. The SMILES string of the molecule is CCNCC1CCCN(S(=O)(=O)NC(C)c2nn[nH]n2)C1. The van der Waals surface area contributed by atoms with Crippen LogP contribution in [0, 0.1) is 5.92 Å². The van der Waals surface area contributed by atoms with E-state index < -0.39 is 16.3 Å². The Morgan fingerprint density at radius 3 is 3.00 bits per heavy atom. The van der Waals surface area contributed by atoms with Gasteiger partial charge in [-0.1, -0.05) is 12.1 Å². The summed E-state index contributed by atoms with van der Waals surface area (Å²) in [5.74, 6) is 0.690. The van der Waals surface area contributed by atoms with E-state index in [1.54, 1.807) is 6.92 Å². The lowest BCUT2D eigenvalue weighted by Gasteiger charge is -2.32. The Hall–Kier alpha value is -1.10. The molecule has 1 aromatic heterocycles. The van der Waals surface area contributed by atoms with Gasteiger partial charge in [-0.2, -0.15) is 22.7 Å². The molecule has 0 saturated carbocycles. The van der Waals surface area contributed by atoms with E-state index >= 15 is 0 Å². The summed E-state index contributed by atoms with van der Waals surface area (Å²) in [7, 11) is -3.53. The van der Waals surface area contributed by atoms with Gasteiger partial charge in [-0.3, -0.25) is 0 Å². The van der Waals surface area contributed by atoms with Gasteiger partial charge in [0.05, 0.1) is 6.04 Å². The van der Waals surface area contributed by atoms with Crippen molar-refractivity contribution >= 4 is 10.2 Å². The molecule has 1 aromatic rings. The highest BCUT2D eigenvalue weighted by Crippen LogP contribution is 2.19. The van der Waals surface area contributed by atoms with Crippen LogP contribution in [-0.4, -0.2) is 59.5 Å². The molecule has 2 atom stereocenters. The predicted molar refractivity (Wildman–Crippen MR) is 77.5 cm³/mol. The molecule has 21 heavy (non-hydrogen) atoms. The topological polar surface area (TPSA) is 116 Å². The van der Waals surface area contributed by atoms with E-state index in [-0.39, 0.29) is 0 Å². The zero-order chi connectivity index (χ0) is 15.3. The van der Waals surface area contributed by atoms with Gasteiger partial charge in [-0.25, -0.2) is 0 Å². The van der Waals surface area contributed by atoms with E-state index in [0.717, 1.165) is 25.9 Å². The van der Waals surface area contributed by atoms with Crippen LogP contribution in [0.1, 0.15) is 38.6 Å². The summed E-state index contributed by atoms with van der Waals surface area (Å²) in [5.41, 5.74) is 0. The number of nitrogens with zero attached hydrogens (tertiary/aromatic N) is 4. The van der Waals surface area contributed by atoms with Gasteiger partial charge in [0.25, 0.3) is 10.2 Å². The number of nitrogens with one attached hydrogen (secondary N) is 3. The maximum Gasteiger partial charge on any atom is 0.280 e. The Bertz CT molecular complexity index is 519. The molecule has 1 saturated heterocycles. The fraction of sp³-hybridized carbons (Fsp3) is 0.909. The second kappa shape index (κ2) is 7.25. The maximum absolute atomic E-state index is 12.4. The van der Waals surface area contributed by atoms with Gasteiger partial charge in [0.2, 0.25) is 0 Å². The molecule has 120 valence electrons. The van der Waals surface area contributed by atoms with Crippen molar-refractivity contribution in [1.29, 1.82) is 0 Å². The minimum atomic E-state index is -3.53. The van der Waals surface area contributed by atoms with E-state index in [0.29, 0.717) is 24.8 Å². The number of tetrazole rings is 1. The van der Waals surface area contributed by atoms with E-state index in [1.807, 2.05) is 6.92 Å². The predicted octanol–water partition coefficient (Wildman–Crippen LogP) is -0.583. The Morgan fingerprint density at radius 1 is 1.52 bits per heavy atom. The number of hydrogen-bond acceptors (Lipinski definition) is 6. The number of H-pyrrole nitrogens is 1. The molecule has 3 N–H and O–H groups in total. The zero-order valence-electron chi connectivity index (χ0n) is 12.4. The number of hydrogen-bond donors (Lipinski definition) is 3.